The number of ether oxygens (including phenoxy) is 1. The van der Waals surface area contributed by atoms with Crippen molar-refractivity contribution in [2.24, 2.45) is 7.05 Å². The Morgan fingerprint density at radius 1 is 1.53 bits per heavy atom. The second kappa shape index (κ2) is 4.77. The van der Waals surface area contributed by atoms with Crippen molar-refractivity contribution in [2.75, 3.05) is 13.7 Å². The first-order valence-electron chi connectivity index (χ1n) is 5.23. The van der Waals surface area contributed by atoms with Gasteiger partial charge in [-0.2, -0.15) is 5.10 Å². The maximum absolute atomic E-state index is 5.73. The van der Waals surface area contributed by atoms with Gasteiger partial charge in [0.2, 0.25) is 0 Å². The van der Waals surface area contributed by atoms with E-state index < -0.39 is 0 Å². The van der Waals surface area contributed by atoms with Crippen molar-refractivity contribution in [2.45, 2.75) is 32.4 Å². The Morgan fingerprint density at radius 2 is 2.20 bits per heavy atom. The summed E-state index contributed by atoms with van der Waals surface area (Å²) in [7, 11) is 3.84. The van der Waals surface area contributed by atoms with Crippen LogP contribution in [0.1, 0.15) is 32.5 Å². The fourth-order valence-corrected chi connectivity index (χ4v) is 1.27. The number of rotatable bonds is 4. The summed E-state index contributed by atoms with van der Waals surface area (Å²) in [4.78, 5) is 0. The van der Waals surface area contributed by atoms with Gasteiger partial charge in [-0.1, -0.05) is 0 Å². The van der Waals surface area contributed by atoms with E-state index in [1.165, 1.54) is 0 Å². The average Bonchev–Trinajstić information content (AvgIpc) is 2.51. The molecule has 0 spiro atoms. The molecule has 1 heterocycles. The van der Waals surface area contributed by atoms with Crippen LogP contribution in [0.15, 0.2) is 12.3 Å². The first kappa shape index (κ1) is 12.2. The normalized spacial score (nSPS) is 14.2. The van der Waals surface area contributed by atoms with Gasteiger partial charge < -0.3 is 10.1 Å². The largest absolute Gasteiger partial charge is 0.374 e. The Hall–Kier alpha value is -0.870. The Bertz CT molecular complexity index is 301. The lowest BCUT2D eigenvalue weighted by Gasteiger charge is -2.23. The monoisotopic (exact) mass is 211 g/mol. The van der Waals surface area contributed by atoms with E-state index in [0.29, 0.717) is 6.61 Å². The van der Waals surface area contributed by atoms with E-state index in [0.717, 1.165) is 5.69 Å². The summed E-state index contributed by atoms with van der Waals surface area (Å²) in [5, 5.41) is 7.56. The van der Waals surface area contributed by atoms with Crippen LogP contribution >= 0.6 is 0 Å². The summed E-state index contributed by atoms with van der Waals surface area (Å²) in [5.41, 5.74) is 0.911. The minimum atomic E-state index is -0.107. The van der Waals surface area contributed by atoms with Gasteiger partial charge in [-0.15, -0.1) is 0 Å². The van der Waals surface area contributed by atoms with Gasteiger partial charge in [0.25, 0.3) is 0 Å². The first-order valence-corrected chi connectivity index (χ1v) is 5.23. The molecule has 0 aliphatic rings. The lowest BCUT2D eigenvalue weighted by Crippen LogP contribution is -2.28. The van der Waals surface area contributed by atoms with E-state index in [4.69, 9.17) is 4.74 Å². The third-order valence-corrected chi connectivity index (χ3v) is 2.12. The highest BCUT2D eigenvalue weighted by Gasteiger charge is 2.17. The predicted molar refractivity (Wildman–Crippen MR) is 60.7 cm³/mol. The number of hydrogen-bond acceptors (Lipinski definition) is 3. The molecule has 1 aromatic heterocycles. The zero-order valence-corrected chi connectivity index (χ0v) is 10.2. The summed E-state index contributed by atoms with van der Waals surface area (Å²) in [5.74, 6) is 0. The number of likely N-dealkylation sites (N-methyl/N-ethyl adjacent to an activating group) is 1. The minimum Gasteiger partial charge on any atom is -0.374 e. The zero-order valence-electron chi connectivity index (χ0n) is 10.2. The van der Waals surface area contributed by atoms with Gasteiger partial charge in [0, 0.05) is 13.2 Å². The Kier molecular flexibility index (Phi) is 3.88. The standard InChI is InChI=1S/C11H21N3O/c1-11(2,3)15-8-10(12-4)9-6-7-14(5)13-9/h6-7,10,12H,8H2,1-5H3. The van der Waals surface area contributed by atoms with E-state index in [2.05, 4.69) is 31.2 Å². The van der Waals surface area contributed by atoms with Gasteiger partial charge in [-0.25, -0.2) is 0 Å². The van der Waals surface area contributed by atoms with Crippen LogP contribution in [-0.4, -0.2) is 29.0 Å². The van der Waals surface area contributed by atoms with Crippen molar-refractivity contribution in [3.8, 4) is 0 Å². The third kappa shape index (κ3) is 4.01. The van der Waals surface area contributed by atoms with Crippen molar-refractivity contribution in [1.82, 2.24) is 15.1 Å². The third-order valence-electron chi connectivity index (χ3n) is 2.12. The molecule has 86 valence electrons. The quantitative estimate of drug-likeness (QED) is 0.820. The SMILES string of the molecule is CNC(COC(C)(C)C)c1ccn(C)n1. The summed E-state index contributed by atoms with van der Waals surface area (Å²) in [6.45, 7) is 6.80. The van der Waals surface area contributed by atoms with Gasteiger partial charge in [-0.3, -0.25) is 4.68 Å². The van der Waals surface area contributed by atoms with E-state index >= 15 is 0 Å². The number of nitrogens with one attached hydrogen (secondary N) is 1. The smallest absolute Gasteiger partial charge is 0.0817 e. The molecule has 1 N–H and O–H groups in total. The molecule has 0 aliphatic carbocycles. The molecule has 0 bridgehead atoms. The van der Waals surface area contributed by atoms with Crippen LogP contribution < -0.4 is 5.32 Å². The maximum atomic E-state index is 5.73. The van der Waals surface area contributed by atoms with Crippen LogP contribution in [0.3, 0.4) is 0 Å². The highest BCUT2D eigenvalue weighted by atomic mass is 16.5. The lowest BCUT2D eigenvalue weighted by molar-refractivity contribution is -0.0144. The molecule has 0 fully saturated rings. The second-order valence-electron chi connectivity index (χ2n) is 4.68. The molecular formula is C11H21N3O. The van der Waals surface area contributed by atoms with Gasteiger partial charge in [-0.05, 0) is 33.9 Å². The van der Waals surface area contributed by atoms with Gasteiger partial charge >= 0.3 is 0 Å². The molecule has 1 rings (SSSR count). The number of aromatic nitrogens is 2. The molecule has 0 saturated carbocycles. The predicted octanol–water partition coefficient (Wildman–Crippen LogP) is 1.50. The van der Waals surface area contributed by atoms with Crippen LogP contribution in [0.25, 0.3) is 0 Å². The van der Waals surface area contributed by atoms with E-state index in [1.807, 2.05) is 26.4 Å². The molecule has 0 aromatic carbocycles. The van der Waals surface area contributed by atoms with Crippen molar-refractivity contribution < 1.29 is 4.74 Å². The molecule has 15 heavy (non-hydrogen) atoms. The molecule has 4 heteroatoms. The van der Waals surface area contributed by atoms with E-state index in [-0.39, 0.29) is 11.6 Å². The fraction of sp³-hybridized carbons (Fsp3) is 0.727. The van der Waals surface area contributed by atoms with Gasteiger partial charge in [0.05, 0.1) is 23.9 Å². The Morgan fingerprint density at radius 3 is 2.60 bits per heavy atom. The molecular weight excluding hydrogens is 190 g/mol. The van der Waals surface area contributed by atoms with Crippen LogP contribution in [0, 0.1) is 0 Å². The van der Waals surface area contributed by atoms with Crippen LogP contribution in [0.2, 0.25) is 0 Å². The fourth-order valence-electron chi connectivity index (χ4n) is 1.27. The molecule has 0 amide bonds. The summed E-state index contributed by atoms with van der Waals surface area (Å²) >= 11 is 0. The highest BCUT2D eigenvalue weighted by molar-refractivity contribution is 5.05. The number of hydrogen-bond donors (Lipinski definition) is 1. The average molecular weight is 211 g/mol. The summed E-state index contributed by atoms with van der Waals surface area (Å²) in [6, 6.07) is 2.16. The Balaban J connectivity index is 2.57. The Labute approximate surface area is 91.6 Å². The van der Waals surface area contributed by atoms with Crippen molar-refractivity contribution >= 4 is 0 Å². The first-order chi connectivity index (χ1) is 6.92. The minimum absolute atomic E-state index is 0.107. The van der Waals surface area contributed by atoms with Crippen molar-refractivity contribution in [3.63, 3.8) is 0 Å². The molecule has 1 aromatic rings. The van der Waals surface area contributed by atoms with E-state index in [1.54, 1.807) is 4.68 Å². The molecule has 0 radical (unpaired) electrons. The highest BCUT2D eigenvalue weighted by Crippen LogP contribution is 2.14. The molecule has 4 nitrogen and oxygen atoms in total. The van der Waals surface area contributed by atoms with Crippen molar-refractivity contribution in [1.29, 1.82) is 0 Å². The maximum Gasteiger partial charge on any atom is 0.0817 e. The topological polar surface area (TPSA) is 39.1 Å². The van der Waals surface area contributed by atoms with Crippen LogP contribution in [0.5, 0.6) is 0 Å². The van der Waals surface area contributed by atoms with Crippen LogP contribution in [-0.2, 0) is 11.8 Å². The van der Waals surface area contributed by atoms with Crippen molar-refractivity contribution in [3.05, 3.63) is 18.0 Å². The summed E-state index contributed by atoms with van der Waals surface area (Å²) in [6.07, 6.45) is 1.94. The molecule has 1 unspecified atom stereocenters. The lowest BCUT2D eigenvalue weighted by atomic mass is 10.2. The van der Waals surface area contributed by atoms with Crippen LogP contribution in [0.4, 0.5) is 0 Å². The van der Waals surface area contributed by atoms with Gasteiger partial charge in [0.1, 0.15) is 0 Å². The molecule has 0 saturated heterocycles. The van der Waals surface area contributed by atoms with E-state index in [9.17, 15) is 0 Å². The second-order valence-corrected chi connectivity index (χ2v) is 4.68. The number of aryl methyl sites for hydroxylation is 1. The zero-order chi connectivity index (χ0) is 11.5. The molecule has 0 aliphatic heterocycles. The van der Waals surface area contributed by atoms with Gasteiger partial charge in [0.15, 0.2) is 0 Å². The summed E-state index contributed by atoms with van der Waals surface area (Å²) < 4.78 is 7.54. The molecule has 1 atom stereocenters. The number of nitrogens with zero attached hydrogens (tertiary/aromatic N) is 2.